The molecule has 1 unspecified atom stereocenters. The van der Waals surface area contributed by atoms with E-state index in [0.29, 0.717) is 6.54 Å². The van der Waals surface area contributed by atoms with Gasteiger partial charge in [-0.3, -0.25) is 14.6 Å². The molecule has 0 aromatic heterocycles. The first kappa shape index (κ1) is 21.4. The van der Waals surface area contributed by atoms with Gasteiger partial charge in [0.1, 0.15) is 12.1 Å². The molecule has 3 saturated heterocycles. The molecule has 4 rings (SSSR count). The van der Waals surface area contributed by atoms with E-state index in [1.54, 1.807) is 4.90 Å². The number of carbonyl (C=O) groups excluding carboxylic acids is 2. The third-order valence-electron chi connectivity index (χ3n) is 6.12. The molecule has 3 amide bonds. The van der Waals surface area contributed by atoms with Crippen molar-refractivity contribution in [2.24, 2.45) is 0 Å². The van der Waals surface area contributed by atoms with Crippen molar-refractivity contribution in [1.82, 2.24) is 14.7 Å². The summed E-state index contributed by atoms with van der Waals surface area (Å²) >= 11 is 0. The fourth-order valence-corrected chi connectivity index (χ4v) is 4.55. The Balaban J connectivity index is 0.00000240. The van der Waals surface area contributed by atoms with Gasteiger partial charge in [0.05, 0.1) is 11.3 Å². The van der Waals surface area contributed by atoms with Gasteiger partial charge in [-0.1, -0.05) is 12.1 Å². The Hall–Kier alpha value is -2.30. The summed E-state index contributed by atoms with van der Waals surface area (Å²) in [5.74, 6) is 0.00673. The van der Waals surface area contributed by atoms with E-state index in [0.717, 1.165) is 76.2 Å². The van der Waals surface area contributed by atoms with Gasteiger partial charge in [-0.15, -0.1) is 12.4 Å². The lowest BCUT2D eigenvalue weighted by atomic mass is 10.1. The molecule has 29 heavy (non-hydrogen) atoms. The van der Waals surface area contributed by atoms with Crippen LogP contribution in [0.1, 0.15) is 31.2 Å². The van der Waals surface area contributed by atoms with Crippen LogP contribution in [0.2, 0.25) is 0 Å². The van der Waals surface area contributed by atoms with Gasteiger partial charge < -0.3 is 9.80 Å². The van der Waals surface area contributed by atoms with Crippen LogP contribution in [0.15, 0.2) is 24.3 Å². The second-order valence-corrected chi connectivity index (χ2v) is 7.79. The summed E-state index contributed by atoms with van der Waals surface area (Å²) in [4.78, 5) is 32.6. The third-order valence-corrected chi connectivity index (χ3v) is 6.12. The minimum atomic E-state index is -0.183. The molecule has 0 spiro atoms. The van der Waals surface area contributed by atoms with Gasteiger partial charge in [-0.05, 0) is 44.4 Å². The average Bonchev–Trinajstić information content (AvgIpc) is 3.30. The minimum Gasteiger partial charge on any atom is -0.368 e. The quantitative estimate of drug-likeness (QED) is 0.524. The maximum Gasteiger partial charge on any atom is 0.327 e. The zero-order chi connectivity index (χ0) is 19.5. The summed E-state index contributed by atoms with van der Waals surface area (Å²) in [5.41, 5.74) is 1.76. The van der Waals surface area contributed by atoms with E-state index in [1.807, 2.05) is 24.3 Å². The zero-order valence-corrected chi connectivity index (χ0v) is 17.4. The number of hydrogen-bond acceptors (Lipinski definition) is 5. The van der Waals surface area contributed by atoms with Crippen LogP contribution >= 0.6 is 12.4 Å². The highest BCUT2D eigenvalue weighted by Gasteiger charge is 2.46. The number of imide groups is 1. The largest absolute Gasteiger partial charge is 0.368 e. The smallest absolute Gasteiger partial charge is 0.327 e. The summed E-state index contributed by atoms with van der Waals surface area (Å²) in [5, 5.41) is 9.28. The van der Waals surface area contributed by atoms with Crippen LogP contribution < -0.4 is 4.90 Å². The Bertz CT molecular complexity index is 766. The van der Waals surface area contributed by atoms with Crippen molar-refractivity contribution in [2.45, 2.75) is 31.7 Å². The van der Waals surface area contributed by atoms with Gasteiger partial charge in [0.15, 0.2) is 0 Å². The highest BCUT2D eigenvalue weighted by atomic mass is 35.5. The van der Waals surface area contributed by atoms with E-state index >= 15 is 0 Å². The summed E-state index contributed by atoms with van der Waals surface area (Å²) in [7, 11) is 0. The molecule has 1 aromatic carbocycles. The van der Waals surface area contributed by atoms with E-state index in [1.165, 1.54) is 4.90 Å². The lowest BCUT2D eigenvalue weighted by Gasteiger charge is -2.36. The van der Waals surface area contributed by atoms with Crippen LogP contribution in [0.5, 0.6) is 0 Å². The topological polar surface area (TPSA) is 70.9 Å². The van der Waals surface area contributed by atoms with Crippen LogP contribution in [-0.4, -0.2) is 78.5 Å². The first-order valence-electron chi connectivity index (χ1n) is 10.3. The molecule has 3 aliphatic rings. The number of halogens is 1. The molecular weight excluding hydrogens is 390 g/mol. The Morgan fingerprint density at radius 2 is 1.72 bits per heavy atom. The molecule has 1 aromatic rings. The summed E-state index contributed by atoms with van der Waals surface area (Å²) in [6, 6.07) is 9.77. The van der Waals surface area contributed by atoms with Crippen LogP contribution in [0, 0.1) is 11.3 Å². The third kappa shape index (κ3) is 4.34. The monoisotopic (exact) mass is 417 g/mol. The van der Waals surface area contributed by atoms with Gasteiger partial charge in [0.25, 0.3) is 5.91 Å². The normalized spacial score (nSPS) is 21.9. The summed E-state index contributed by atoms with van der Waals surface area (Å²) in [6.45, 7) is 6.02. The summed E-state index contributed by atoms with van der Waals surface area (Å²) in [6.07, 6.45) is 3.60. The fourth-order valence-electron chi connectivity index (χ4n) is 4.55. The van der Waals surface area contributed by atoms with E-state index in [4.69, 9.17) is 0 Å². The van der Waals surface area contributed by atoms with E-state index in [-0.39, 0.29) is 30.4 Å². The van der Waals surface area contributed by atoms with Crippen molar-refractivity contribution in [3.8, 4) is 6.07 Å². The number of nitrogens with zero attached hydrogens (tertiary/aromatic N) is 5. The minimum absolute atomic E-state index is 0. The number of para-hydroxylation sites is 1. The lowest BCUT2D eigenvalue weighted by molar-refractivity contribution is -0.128. The molecular formula is C21H28ClN5O2. The molecule has 0 bridgehead atoms. The van der Waals surface area contributed by atoms with Gasteiger partial charge in [0.2, 0.25) is 0 Å². The number of piperazine rings is 1. The van der Waals surface area contributed by atoms with Crippen LogP contribution in [0.25, 0.3) is 0 Å². The van der Waals surface area contributed by atoms with Crippen molar-refractivity contribution < 1.29 is 9.59 Å². The second kappa shape index (κ2) is 9.47. The Labute approximate surface area is 178 Å². The number of carbonyl (C=O) groups is 2. The molecule has 156 valence electrons. The number of unbranched alkanes of at least 4 members (excludes halogenated alkanes) is 1. The average molecular weight is 418 g/mol. The number of urea groups is 1. The van der Waals surface area contributed by atoms with Crippen molar-refractivity contribution >= 4 is 30.0 Å². The van der Waals surface area contributed by atoms with Gasteiger partial charge in [-0.25, -0.2) is 4.79 Å². The van der Waals surface area contributed by atoms with Crippen molar-refractivity contribution in [3.05, 3.63) is 29.8 Å². The Morgan fingerprint density at radius 1 is 1.00 bits per heavy atom. The van der Waals surface area contributed by atoms with Crippen molar-refractivity contribution in [3.63, 3.8) is 0 Å². The standard InChI is InChI=1S/C21H27N5O2.ClH/c22-16-17-6-1-2-7-18(17)24-14-12-23(13-15-24)9-3-4-10-26-20(27)19-8-5-11-25(19)21(26)28;/h1-2,6-7,19H,3-5,8-15H2;1H. The first-order valence-corrected chi connectivity index (χ1v) is 10.3. The number of nitriles is 1. The van der Waals surface area contributed by atoms with Crippen LogP contribution in [0.4, 0.5) is 10.5 Å². The molecule has 7 nitrogen and oxygen atoms in total. The van der Waals surface area contributed by atoms with Crippen molar-refractivity contribution in [2.75, 3.05) is 50.7 Å². The number of anilines is 1. The Kier molecular flexibility index (Phi) is 6.99. The zero-order valence-electron chi connectivity index (χ0n) is 16.6. The maximum absolute atomic E-state index is 12.3. The fraction of sp³-hybridized carbons (Fsp3) is 0.571. The predicted octanol–water partition coefficient (Wildman–Crippen LogP) is 2.31. The molecule has 0 aliphatic carbocycles. The number of amides is 3. The molecule has 3 aliphatic heterocycles. The Morgan fingerprint density at radius 3 is 2.45 bits per heavy atom. The maximum atomic E-state index is 12.3. The van der Waals surface area contributed by atoms with Gasteiger partial charge in [0, 0.05) is 39.3 Å². The first-order chi connectivity index (χ1) is 13.7. The van der Waals surface area contributed by atoms with Gasteiger partial charge in [-0.2, -0.15) is 5.26 Å². The SMILES string of the molecule is Cl.N#Cc1ccccc1N1CCN(CCCCN2C(=O)C3CCCN3C2=O)CC1. The number of fused-ring (bicyclic) bond motifs is 1. The highest BCUT2D eigenvalue weighted by molar-refractivity contribution is 6.04. The number of hydrogen-bond donors (Lipinski definition) is 0. The molecule has 1 atom stereocenters. The van der Waals surface area contributed by atoms with Crippen molar-refractivity contribution in [1.29, 1.82) is 5.26 Å². The molecule has 0 N–H and O–H groups in total. The number of rotatable bonds is 6. The van der Waals surface area contributed by atoms with E-state index in [9.17, 15) is 14.9 Å². The highest BCUT2D eigenvalue weighted by Crippen LogP contribution is 2.27. The van der Waals surface area contributed by atoms with Crippen LogP contribution in [0.3, 0.4) is 0 Å². The lowest BCUT2D eigenvalue weighted by Crippen LogP contribution is -2.47. The second-order valence-electron chi connectivity index (χ2n) is 7.79. The molecule has 3 heterocycles. The van der Waals surface area contributed by atoms with E-state index in [2.05, 4.69) is 15.9 Å². The predicted molar refractivity (Wildman–Crippen MR) is 113 cm³/mol. The van der Waals surface area contributed by atoms with E-state index < -0.39 is 0 Å². The number of benzene rings is 1. The van der Waals surface area contributed by atoms with Crippen LogP contribution in [-0.2, 0) is 4.79 Å². The van der Waals surface area contributed by atoms with Gasteiger partial charge >= 0.3 is 6.03 Å². The molecule has 8 heteroatoms. The summed E-state index contributed by atoms with van der Waals surface area (Å²) < 4.78 is 0. The molecule has 3 fully saturated rings. The molecule has 0 radical (unpaired) electrons. The molecule has 0 saturated carbocycles.